The second-order valence-electron chi connectivity index (χ2n) is 3.69. The Morgan fingerprint density at radius 1 is 1.28 bits per heavy atom. The van der Waals surface area contributed by atoms with Gasteiger partial charge >= 0.3 is 5.69 Å². The fourth-order valence-corrected chi connectivity index (χ4v) is 1.81. The van der Waals surface area contributed by atoms with E-state index in [0.29, 0.717) is 11.0 Å². The van der Waals surface area contributed by atoms with Gasteiger partial charge in [0.2, 0.25) is 6.08 Å². The summed E-state index contributed by atoms with van der Waals surface area (Å²) in [6.45, 7) is 0. The van der Waals surface area contributed by atoms with Crippen LogP contribution in [0.4, 0.5) is 11.4 Å². The second kappa shape index (κ2) is 3.94. The molecule has 0 saturated carbocycles. The average Bonchev–Trinajstić information content (AvgIpc) is 2.54. The van der Waals surface area contributed by atoms with Crippen LogP contribution in [0.2, 0.25) is 0 Å². The molecule has 8 heteroatoms. The van der Waals surface area contributed by atoms with Crippen molar-refractivity contribution in [1.82, 2.24) is 9.13 Å². The summed E-state index contributed by atoms with van der Waals surface area (Å²) in [7, 11) is 3.04. The number of isocyanates is 1. The fourth-order valence-electron chi connectivity index (χ4n) is 1.81. The molecule has 1 aromatic heterocycles. The number of nitro groups is 1. The monoisotopic (exact) mass is 248 g/mol. The van der Waals surface area contributed by atoms with Crippen molar-refractivity contribution >= 4 is 28.5 Å². The third-order valence-corrected chi connectivity index (χ3v) is 2.73. The second-order valence-corrected chi connectivity index (χ2v) is 3.69. The minimum absolute atomic E-state index is 0.122. The summed E-state index contributed by atoms with van der Waals surface area (Å²) in [6, 6.07) is 2.53. The minimum atomic E-state index is -0.660. The van der Waals surface area contributed by atoms with Crippen molar-refractivity contribution in [3.63, 3.8) is 0 Å². The van der Waals surface area contributed by atoms with Crippen LogP contribution in [-0.2, 0) is 18.9 Å². The zero-order valence-corrected chi connectivity index (χ0v) is 9.58. The number of nitrogens with zero attached hydrogens (tertiary/aromatic N) is 4. The summed E-state index contributed by atoms with van der Waals surface area (Å²) in [5, 5.41) is 10.9. The van der Waals surface area contributed by atoms with Gasteiger partial charge in [-0.1, -0.05) is 0 Å². The SMILES string of the molecule is Cn1c(=O)n(C)c2cc([N+](=O)[O-])c(N=C=O)cc21. The number of carbonyl (C=O) groups excluding carboxylic acids is 1. The lowest BCUT2D eigenvalue weighted by atomic mass is 10.2. The van der Waals surface area contributed by atoms with Crippen LogP contribution in [0.1, 0.15) is 0 Å². The molecule has 8 nitrogen and oxygen atoms in total. The third kappa shape index (κ3) is 1.52. The molecule has 0 bridgehead atoms. The molecule has 2 rings (SSSR count). The van der Waals surface area contributed by atoms with Crippen molar-refractivity contribution < 1.29 is 9.72 Å². The quantitative estimate of drug-likeness (QED) is 0.339. The van der Waals surface area contributed by atoms with Crippen LogP contribution < -0.4 is 5.69 Å². The van der Waals surface area contributed by atoms with Gasteiger partial charge in [0.05, 0.1) is 16.0 Å². The Labute approximate surface area is 99.9 Å². The molecule has 0 atom stereocenters. The van der Waals surface area contributed by atoms with Crippen LogP contribution in [-0.4, -0.2) is 20.1 Å². The van der Waals surface area contributed by atoms with Crippen LogP contribution in [0.5, 0.6) is 0 Å². The highest BCUT2D eigenvalue weighted by Crippen LogP contribution is 2.31. The first kappa shape index (κ1) is 11.7. The molecule has 2 aromatic rings. The van der Waals surface area contributed by atoms with Crippen molar-refractivity contribution in [2.45, 2.75) is 0 Å². The summed E-state index contributed by atoms with van der Waals surface area (Å²) in [6.07, 6.45) is 1.26. The van der Waals surface area contributed by atoms with E-state index in [9.17, 15) is 19.7 Å². The molecule has 0 aliphatic rings. The van der Waals surface area contributed by atoms with Crippen molar-refractivity contribution in [3.8, 4) is 0 Å². The molecule has 0 amide bonds. The molecule has 0 spiro atoms. The van der Waals surface area contributed by atoms with Gasteiger partial charge in [-0.2, -0.15) is 4.99 Å². The summed E-state index contributed by atoms with van der Waals surface area (Å²) in [5.41, 5.74) is 0.0865. The first-order valence-corrected chi connectivity index (χ1v) is 4.89. The number of nitro benzene ring substituents is 1. The predicted molar refractivity (Wildman–Crippen MR) is 62.6 cm³/mol. The van der Waals surface area contributed by atoms with Crippen molar-refractivity contribution in [2.75, 3.05) is 0 Å². The lowest BCUT2D eigenvalue weighted by Crippen LogP contribution is -2.19. The summed E-state index contributed by atoms with van der Waals surface area (Å²) < 4.78 is 2.61. The van der Waals surface area contributed by atoms with E-state index in [1.54, 1.807) is 0 Å². The summed E-state index contributed by atoms with van der Waals surface area (Å²) in [5.74, 6) is 0. The molecule has 92 valence electrons. The first-order chi connectivity index (χ1) is 8.47. The van der Waals surface area contributed by atoms with Crippen LogP contribution >= 0.6 is 0 Å². The van der Waals surface area contributed by atoms with Crippen LogP contribution in [0.15, 0.2) is 21.9 Å². The number of hydrogen-bond donors (Lipinski definition) is 0. The lowest BCUT2D eigenvalue weighted by molar-refractivity contribution is -0.383. The number of hydrogen-bond acceptors (Lipinski definition) is 5. The number of rotatable bonds is 2. The maximum absolute atomic E-state index is 11.7. The van der Waals surface area contributed by atoms with Gasteiger partial charge in [-0.3, -0.25) is 19.2 Å². The number of aromatic nitrogens is 2. The zero-order valence-electron chi connectivity index (χ0n) is 9.58. The maximum Gasteiger partial charge on any atom is 0.328 e. The van der Waals surface area contributed by atoms with E-state index in [2.05, 4.69) is 4.99 Å². The average molecular weight is 248 g/mol. The summed E-state index contributed by atoms with van der Waals surface area (Å²) in [4.78, 5) is 35.4. The smallest absolute Gasteiger partial charge is 0.295 e. The molecule has 0 fully saturated rings. The molecule has 0 saturated heterocycles. The molecule has 0 aliphatic heterocycles. The number of benzene rings is 1. The third-order valence-electron chi connectivity index (χ3n) is 2.73. The van der Waals surface area contributed by atoms with Gasteiger partial charge in [-0.05, 0) is 6.07 Å². The highest BCUT2D eigenvalue weighted by atomic mass is 16.6. The highest BCUT2D eigenvalue weighted by Gasteiger charge is 2.19. The van der Waals surface area contributed by atoms with Crippen LogP contribution in [0.25, 0.3) is 11.0 Å². The van der Waals surface area contributed by atoms with E-state index >= 15 is 0 Å². The maximum atomic E-state index is 11.7. The molecule has 0 aliphatic carbocycles. The predicted octanol–water partition coefficient (Wildman–Crippen LogP) is 0.752. The highest BCUT2D eigenvalue weighted by molar-refractivity contribution is 5.85. The molecular formula is C10H8N4O4. The van der Waals surface area contributed by atoms with E-state index in [1.807, 2.05) is 0 Å². The number of aryl methyl sites for hydroxylation is 2. The van der Waals surface area contributed by atoms with Gasteiger partial charge in [-0.15, -0.1) is 0 Å². The zero-order chi connectivity index (χ0) is 13.4. The van der Waals surface area contributed by atoms with E-state index in [4.69, 9.17) is 0 Å². The van der Waals surface area contributed by atoms with E-state index in [-0.39, 0.29) is 17.1 Å². The first-order valence-electron chi connectivity index (χ1n) is 4.89. The normalized spacial score (nSPS) is 10.3. The Bertz CT molecular complexity index is 716. The Hall–Kier alpha value is -2.73. The topological polar surface area (TPSA) is 99.5 Å². The van der Waals surface area contributed by atoms with Crippen LogP contribution in [0.3, 0.4) is 0 Å². The van der Waals surface area contributed by atoms with E-state index < -0.39 is 4.92 Å². The Morgan fingerprint density at radius 2 is 1.83 bits per heavy atom. The van der Waals surface area contributed by atoms with Crippen LogP contribution in [0, 0.1) is 10.1 Å². The largest absolute Gasteiger partial charge is 0.328 e. The minimum Gasteiger partial charge on any atom is -0.295 e. The van der Waals surface area contributed by atoms with Crippen molar-refractivity contribution in [3.05, 3.63) is 32.7 Å². The van der Waals surface area contributed by atoms with E-state index in [0.717, 1.165) is 0 Å². The molecular weight excluding hydrogens is 240 g/mol. The molecule has 18 heavy (non-hydrogen) atoms. The number of imidazole rings is 1. The standard InChI is InChI=1S/C10H8N4O4/c1-12-8-3-6(11-5-15)7(14(17)18)4-9(8)13(2)10(12)16/h3-4H,1-2H3. The Morgan fingerprint density at radius 3 is 2.33 bits per heavy atom. The van der Waals surface area contributed by atoms with Gasteiger partial charge in [0.15, 0.2) is 5.69 Å². The Balaban J connectivity index is 2.98. The van der Waals surface area contributed by atoms with Crippen molar-refractivity contribution in [2.24, 2.45) is 19.1 Å². The van der Waals surface area contributed by atoms with Gasteiger partial charge in [0.25, 0.3) is 5.69 Å². The van der Waals surface area contributed by atoms with Gasteiger partial charge in [0, 0.05) is 20.2 Å². The molecule has 1 heterocycles. The van der Waals surface area contributed by atoms with Crippen molar-refractivity contribution in [1.29, 1.82) is 0 Å². The summed E-state index contributed by atoms with van der Waals surface area (Å²) >= 11 is 0. The molecule has 0 radical (unpaired) electrons. The Kier molecular flexibility index (Phi) is 2.57. The fraction of sp³-hybridized carbons (Fsp3) is 0.200. The lowest BCUT2D eigenvalue weighted by Gasteiger charge is -1.98. The molecule has 0 N–H and O–H groups in total. The van der Waals surface area contributed by atoms with Gasteiger partial charge < -0.3 is 0 Å². The molecule has 1 aromatic carbocycles. The number of fused-ring (bicyclic) bond motifs is 1. The van der Waals surface area contributed by atoms with Gasteiger partial charge in [-0.25, -0.2) is 9.59 Å². The number of aliphatic imine (C=N–C) groups is 1. The van der Waals surface area contributed by atoms with Gasteiger partial charge in [0.1, 0.15) is 0 Å². The molecule has 0 unspecified atom stereocenters. The van der Waals surface area contributed by atoms with E-state index in [1.165, 1.54) is 41.4 Å².